The van der Waals surface area contributed by atoms with E-state index in [0.717, 1.165) is 27.1 Å². The van der Waals surface area contributed by atoms with Gasteiger partial charge in [-0.15, -0.1) is 0 Å². The number of hydrogen-bond donors (Lipinski definition) is 1. The van der Waals surface area contributed by atoms with Crippen molar-refractivity contribution in [3.8, 4) is 0 Å². The molecule has 0 saturated carbocycles. The molecule has 0 atom stereocenters. The van der Waals surface area contributed by atoms with E-state index in [0.29, 0.717) is 17.6 Å². The van der Waals surface area contributed by atoms with Crippen LogP contribution in [0.3, 0.4) is 0 Å². The van der Waals surface area contributed by atoms with Crippen molar-refractivity contribution in [2.24, 2.45) is 0 Å². The number of fused-ring (bicyclic) bond motifs is 1. The molecule has 0 aliphatic rings. The van der Waals surface area contributed by atoms with E-state index in [-0.39, 0.29) is 23.3 Å². The average Bonchev–Trinajstić information content (AvgIpc) is 2.98. The predicted octanol–water partition coefficient (Wildman–Crippen LogP) is 6.18. The van der Waals surface area contributed by atoms with Crippen molar-refractivity contribution >= 4 is 34.4 Å². The van der Waals surface area contributed by atoms with Crippen LogP contribution < -0.4 is 4.90 Å². The zero-order chi connectivity index (χ0) is 22.1. The number of aryl methyl sites for hydroxylation is 1. The summed E-state index contributed by atoms with van der Waals surface area (Å²) in [5.74, 6) is -0.122. The molecule has 0 aliphatic carbocycles. The Labute approximate surface area is 184 Å². The maximum Gasteiger partial charge on any atom is 0.413 e. The molecular formula is C24H21ClFN3O2. The number of pyridine rings is 1. The van der Waals surface area contributed by atoms with Crippen LogP contribution >= 0.6 is 11.6 Å². The molecule has 2 heterocycles. The van der Waals surface area contributed by atoms with Gasteiger partial charge in [0.1, 0.15) is 11.0 Å². The standard InChI is InChI=1S/C24H21ClFN3O2/c1-15-16(2)28(13-17-6-4-3-5-7-17)22-20(15)12-21(25)27-23(22)29(24(30)31)14-18-8-10-19(26)11-9-18/h3-12H,13-14H2,1-2H3,(H,30,31). The molecule has 0 saturated heterocycles. The number of carboxylic acid groups (broad SMARTS) is 1. The summed E-state index contributed by atoms with van der Waals surface area (Å²) in [6, 6.07) is 17.5. The number of nitrogens with zero attached hydrogens (tertiary/aromatic N) is 3. The fraction of sp³-hybridized carbons (Fsp3) is 0.167. The molecule has 2 aromatic carbocycles. The minimum absolute atomic E-state index is 0.0205. The third-order valence-corrected chi connectivity index (χ3v) is 5.68. The van der Waals surface area contributed by atoms with Gasteiger partial charge in [-0.3, -0.25) is 4.90 Å². The van der Waals surface area contributed by atoms with Gasteiger partial charge in [0.25, 0.3) is 0 Å². The fourth-order valence-corrected chi connectivity index (χ4v) is 3.96. The van der Waals surface area contributed by atoms with Gasteiger partial charge in [-0.1, -0.05) is 54.1 Å². The Hall–Kier alpha value is -3.38. The summed E-state index contributed by atoms with van der Waals surface area (Å²) in [6.45, 7) is 4.58. The highest BCUT2D eigenvalue weighted by atomic mass is 35.5. The van der Waals surface area contributed by atoms with Gasteiger partial charge in [-0.25, -0.2) is 14.2 Å². The zero-order valence-corrected chi connectivity index (χ0v) is 17.9. The normalized spacial score (nSPS) is 11.1. The van der Waals surface area contributed by atoms with Gasteiger partial charge in [-0.2, -0.15) is 0 Å². The molecule has 0 aliphatic heterocycles. The molecule has 1 amide bonds. The first kappa shape index (κ1) is 20.9. The average molecular weight is 438 g/mol. The van der Waals surface area contributed by atoms with Crippen LogP contribution in [0.1, 0.15) is 22.4 Å². The Balaban J connectivity index is 1.89. The monoisotopic (exact) mass is 437 g/mol. The molecule has 5 nitrogen and oxygen atoms in total. The largest absolute Gasteiger partial charge is 0.465 e. The van der Waals surface area contributed by atoms with Crippen LogP contribution in [0.25, 0.3) is 10.9 Å². The molecule has 1 N–H and O–H groups in total. The van der Waals surface area contributed by atoms with E-state index in [4.69, 9.17) is 11.6 Å². The lowest BCUT2D eigenvalue weighted by Gasteiger charge is -2.21. The summed E-state index contributed by atoms with van der Waals surface area (Å²) in [6.07, 6.45) is -1.16. The zero-order valence-electron chi connectivity index (χ0n) is 17.1. The minimum atomic E-state index is -1.16. The second-order valence-corrected chi connectivity index (χ2v) is 7.83. The van der Waals surface area contributed by atoms with Crippen LogP contribution in [0.5, 0.6) is 0 Å². The Kier molecular flexibility index (Phi) is 5.65. The van der Waals surface area contributed by atoms with E-state index >= 15 is 0 Å². The number of anilines is 1. The Morgan fingerprint density at radius 3 is 2.42 bits per heavy atom. The van der Waals surface area contributed by atoms with Crippen LogP contribution in [0.15, 0.2) is 60.7 Å². The van der Waals surface area contributed by atoms with Crippen molar-refractivity contribution in [1.82, 2.24) is 9.55 Å². The maximum atomic E-state index is 13.3. The SMILES string of the molecule is Cc1c(C)n(Cc2ccccc2)c2c(N(Cc3ccc(F)cc3)C(=O)O)nc(Cl)cc12. The lowest BCUT2D eigenvalue weighted by molar-refractivity contribution is 0.201. The summed E-state index contributed by atoms with van der Waals surface area (Å²) in [5.41, 5.74) is 4.46. The first-order valence-corrected chi connectivity index (χ1v) is 10.2. The highest BCUT2D eigenvalue weighted by Crippen LogP contribution is 2.35. The number of hydrogen-bond acceptors (Lipinski definition) is 2. The van der Waals surface area contributed by atoms with E-state index < -0.39 is 6.09 Å². The summed E-state index contributed by atoms with van der Waals surface area (Å²) in [5, 5.41) is 11.1. The Morgan fingerprint density at radius 1 is 1.10 bits per heavy atom. The lowest BCUT2D eigenvalue weighted by Crippen LogP contribution is -2.30. The summed E-state index contributed by atoms with van der Waals surface area (Å²) in [7, 11) is 0. The number of carbonyl (C=O) groups is 1. The molecule has 0 fully saturated rings. The molecule has 7 heteroatoms. The van der Waals surface area contributed by atoms with Gasteiger partial charge in [0.05, 0.1) is 12.1 Å². The van der Waals surface area contributed by atoms with Crippen molar-refractivity contribution in [2.45, 2.75) is 26.9 Å². The second-order valence-electron chi connectivity index (χ2n) is 7.44. The Morgan fingerprint density at radius 2 is 1.77 bits per heavy atom. The summed E-state index contributed by atoms with van der Waals surface area (Å²) >= 11 is 6.30. The molecule has 0 radical (unpaired) electrons. The van der Waals surface area contributed by atoms with Gasteiger partial charge in [0, 0.05) is 17.6 Å². The van der Waals surface area contributed by atoms with Crippen molar-refractivity contribution in [2.75, 3.05) is 4.90 Å². The van der Waals surface area contributed by atoms with Crippen molar-refractivity contribution in [3.63, 3.8) is 0 Å². The third kappa shape index (κ3) is 4.11. The quantitative estimate of drug-likeness (QED) is 0.379. The molecular weight excluding hydrogens is 417 g/mol. The molecule has 0 unspecified atom stereocenters. The van der Waals surface area contributed by atoms with E-state index in [1.165, 1.54) is 12.1 Å². The number of amides is 1. The number of aromatic nitrogens is 2. The topological polar surface area (TPSA) is 58.4 Å². The van der Waals surface area contributed by atoms with Gasteiger partial charge >= 0.3 is 6.09 Å². The number of halogens is 2. The number of rotatable bonds is 5. The summed E-state index contributed by atoms with van der Waals surface area (Å²) in [4.78, 5) is 17.8. The van der Waals surface area contributed by atoms with Gasteiger partial charge in [0.2, 0.25) is 0 Å². The highest BCUT2D eigenvalue weighted by molar-refractivity contribution is 6.30. The van der Waals surface area contributed by atoms with Crippen LogP contribution in [0.2, 0.25) is 5.15 Å². The van der Waals surface area contributed by atoms with Crippen LogP contribution in [0.4, 0.5) is 15.0 Å². The fourth-order valence-electron chi connectivity index (χ4n) is 3.77. The minimum Gasteiger partial charge on any atom is -0.465 e. The molecule has 31 heavy (non-hydrogen) atoms. The smallest absolute Gasteiger partial charge is 0.413 e. The van der Waals surface area contributed by atoms with Crippen molar-refractivity contribution < 1.29 is 14.3 Å². The van der Waals surface area contributed by atoms with Gasteiger partial charge in [0.15, 0.2) is 5.82 Å². The molecule has 4 rings (SSSR count). The van der Waals surface area contributed by atoms with E-state index in [1.807, 2.05) is 44.2 Å². The Bertz CT molecular complexity index is 1250. The third-order valence-electron chi connectivity index (χ3n) is 5.49. The van der Waals surface area contributed by atoms with Crippen LogP contribution in [0, 0.1) is 19.7 Å². The van der Waals surface area contributed by atoms with E-state index in [2.05, 4.69) is 9.55 Å². The highest BCUT2D eigenvalue weighted by Gasteiger charge is 2.25. The van der Waals surface area contributed by atoms with Crippen molar-refractivity contribution in [3.05, 3.63) is 94.0 Å². The van der Waals surface area contributed by atoms with Gasteiger partial charge < -0.3 is 9.67 Å². The maximum absolute atomic E-state index is 13.3. The van der Waals surface area contributed by atoms with Crippen LogP contribution in [-0.2, 0) is 13.1 Å². The molecule has 0 bridgehead atoms. The van der Waals surface area contributed by atoms with Crippen LogP contribution in [-0.4, -0.2) is 20.8 Å². The molecule has 4 aromatic rings. The first-order chi connectivity index (χ1) is 14.8. The predicted molar refractivity (Wildman–Crippen MR) is 120 cm³/mol. The second kappa shape index (κ2) is 8.40. The first-order valence-electron chi connectivity index (χ1n) is 9.80. The molecule has 2 aromatic heterocycles. The van der Waals surface area contributed by atoms with E-state index in [9.17, 15) is 14.3 Å². The van der Waals surface area contributed by atoms with E-state index in [1.54, 1.807) is 18.2 Å². The number of benzene rings is 2. The molecule has 0 spiro atoms. The summed E-state index contributed by atoms with van der Waals surface area (Å²) < 4.78 is 15.4. The van der Waals surface area contributed by atoms with Crippen molar-refractivity contribution in [1.29, 1.82) is 0 Å². The lowest BCUT2D eigenvalue weighted by atomic mass is 10.1. The molecule has 158 valence electrons. The van der Waals surface area contributed by atoms with Gasteiger partial charge in [-0.05, 0) is 48.7 Å².